The molecule has 1 aromatic heterocycles. The molecule has 1 fully saturated rings. The maximum Gasteiger partial charge on any atom is 0.252 e. The van der Waals surface area contributed by atoms with Crippen LogP contribution in [0.5, 0.6) is 11.5 Å². The Hall–Kier alpha value is -2.88. The van der Waals surface area contributed by atoms with Gasteiger partial charge in [0.25, 0.3) is 10.0 Å². The van der Waals surface area contributed by atoms with Gasteiger partial charge in [0.2, 0.25) is 5.91 Å². The first-order chi connectivity index (χ1) is 16.5. The van der Waals surface area contributed by atoms with Crippen LogP contribution in [0.3, 0.4) is 0 Å². The number of carbonyl (C=O) groups is 1. The number of carbonyl (C=O) groups excluding carboxylic acids is 1. The Kier molecular flexibility index (Phi) is 6.33. The molecule has 1 amide bonds. The molecule has 0 unspecified atom stereocenters. The van der Waals surface area contributed by atoms with E-state index in [0.29, 0.717) is 41.7 Å². The number of fused-ring (bicyclic) bond motifs is 1. The van der Waals surface area contributed by atoms with Gasteiger partial charge in [0.1, 0.15) is 16.9 Å². The van der Waals surface area contributed by atoms with Gasteiger partial charge in [0, 0.05) is 13.1 Å². The van der Waals surface area contributed by atoms with Gasteiger partial charge in [-0.05, 0) is 42.0 Å². The van der Waals surface area contributed by atoms with Crippen molar-refractivity contribution in [3.63, 3.8) is 0 Å². The lowest BCUT2D eigenvalue weighted by atomic mass is 9.72. The van der Waals surface area contributed by atoms with Crippen LogP contribution >= 0.6 is 11.3 Å². The SMILES string of the molecule is O=C(NC[C@@H]1COc2ccccc2O1)C1(c2ccccc2)CCN(S(=O)(=O)c2cccs2)CC1. The summed E-state index contributed by atoms with van der Waals surface area (Å²) in [4.78, 5) is 13.6. The smallest absolute Gasteiger partial charge is 0.252 e. The number of hydrogen-bond acceptors (Lipinski definition) is 6. The van der Waals surface area contributed by atoms with E-state index in [4.69, 9.17) is 9.47 Å². The van der Waals surface area contributed by atoms with E-state index in [9.17, 15) is 13.2 Å². The molecule has 0 aliphatic carbocycles. The summed E-state index contributed by atoms with van der Waals surface area (Å²) in [5.74, 6) is 1.25. The van der Waals surface area contributed by atoms with Crippen LogP contribution in [0.1, 0.15) is 18.4 Å². The maximum atomic E-state index is 13.6. The van der Waals surface area contributed by atoms with Crippen LogP contribution in [-0.4, -0.2) is 51.0 Å². The van der Waals surface area contributed by atoms with E-state index in [2.05, 4.69) is 5.32 Å². The molecule has 178 valence electrons. The standard InChI is InChI=1S/C25H26N2O5S2/c28-24(26-17-20-18-31-21-9-4-5-10-22(21)32-20)25(19-7-2-1-3-8-19)12-14-27(15-13-25)34(29,30)23-11-6-16-33-23/h1-11,16,20H,12-15,17-18H2,(H,26,28)/t20-/m1/s1. The fourth-order valence-electron chi connectivity index (χ4n) is 4.59. The number of nitrogens with zero attached hydrogens (tertiary/aromatic N) is 1. The molecule has 3 heterocycles. The molecule has 2 aromatic carbocycles. The summed E-state index contributed by atoms with van der Waals surface area (Å²) in [7, 11) is -3.55. The van der Waals surface area contributed by atoms with E-state index in [1.165, 1.54) is 15.6 Å². The number of rotatable bonds is 6. The van der Waals surface area contributed by atoms with Crippen molar-refractivity contribution >= 4 is 27.3 Å². The van der Waals surface area contributed by atoms with E-state index in [0.717, 1.165) is 5.56 Å². The molecular formula is C25H26N2O5S2. The van der Waals surface area contributed by atoms with Gasteiger partial charge < -0.3 is 14.8 Å². The number of para-hydroxylation sites is 2. The summed E-state index contributed by atoms with van der Waals surface area (Å²) in [6.07, 6.45) is 0.502. The summed E-state index contributed by atoms with van der Waals surface area (Å²) in [5.41, 5.74) is 0.0858. The Balaban J connectivity index is 1.31. The van der Waals surface area contributed by atoms with Crippen molar-refractivity contribution in [2.45, 2.75) is 28.6 Å². The lowest BCUT2D eigenvalue weighted by Crippen LogP contribution is -2.54. The van der Waals surface area contributed by atoms with Crippen LogP contribution in [0.25, 0.3) is 0 Å². The van der Waals surface area contributed by atoms with Crippen molar-refractivity contribution in [2.75, 3.05) is 26.2 Å². The largest absolute Gasteiger partial charge is 0.486 e. The molecule has 5 rings (SSSR count). The highest BCUT2D eigenvalue weighted by molar-refractivity contribution is 7.91. The van der Waals surface area contributed by atoms with Gasteiger partial charge in [0.15, 0.2) is 11.5 Å². The Morgan fingerprint density at radius 3 is 2.41 bits per heavy atom. The van der Waals surface area contributed by atoms with Crippen molar-refractivity contribution < 1.29 is 22.7 Å². The first-order valence-electron chi connectivity index (χ1n) is 11.2. The Bertz CT molecular complexity index is 1240. The van der Waals surface area contributed by atoms with Crippen LogP contribution in [0.4, 0.5) is 0 Å². The van der Waals surface area contributed by atoms with Crippen molar-refractivity contribution in [2.24, 2.45) is 0 Å². The minimum absolute atomic E-state index is 0.116. The fraction of sp³-hybridized carbons (Fsp3) is 0.320. The molecule has 3 aromatic rings. The van der Waals surface area contributed by atoms with Crippen molar-refractivity contribution in [1.82, 2.24) is 9.62 Å². The molecule has 1 atom stereocenters. The van der Waals surface area contributed by atoms with Gasteiger partial charge in [0.05, 0.1) is 12.0 Å². The number of ether oxygens (including phenoxy) is 2. The third-order valence-corrected chi connectivity index (χ3v) is 9.76. The van der Waals surface area contributed by atoms with Crippen LogP contribution in [-0.2, 0) is 20.2 Å². The molecule has 0 radical (unpaired) electrons. The van der Waals surface area contributed by atoms with Crippen molar-refractivity contribution in [3.05, 3.63) is 77.7 Å². The molecular weight excluding hydrogens is 472 g/mol. The van der Waals surface area contributed by atoms with Gasteiger partial charge in [-0.1, -0.05) is 48.5 Å². The Morgan fingerprint density at radius 1 is 1.00 bits per heavy atom. The van der Waals surface area contributed by atoms with Gasteiger partial charge >= 0.3 is 0 Å². The highest BCUT2D eigenvalue weighted by atomic mass is 32.2. The molecule has 34 heavy (non-hydrogen) atoms. The van der Waals surface area contributed by atoms with Crippen LogP contribution < -0.4 is 14.8 Å². The quantitative estimate of drug-likeness (QED) is 0.563. The normalized spacial score (nSPS) is 19.9. The Morgan fingerprint density at radius 2 is 1.71 bits per heavy atom. The van der Waals surface area contributed by atoms with Gasteiger partial charge in [-0.2, -0.15) is 4.31 Å². The molecule has 0 bridgehead atoms. The summed E-state index contributed by atoms with van der Waals surface area (Å²) >= 11 is 1.21. The first kappa shape index (κ1) is 22.9. The van der Waals surface area contributed by atoms with Crippen LogP contribution in [0.15, 0.2) is 76.3 Å². The minimum Gasteiger partial charge on any atom is -0.486 e. The molecule has 2 aliphatic heterocycles. The predicted octanol–water partition coefficient (Wildman–Crippen LogP) is 3.43. The zero-order chi connectivity index (χ0) is 23.6. The van der Waals surface area contributed by atoms with E-state index < -0.39 is 15.4 Å². The average molecular weight is 499 g/mol. The number of amides is 1. The third-order valence-electron chi connectivity index (χ3n) is 6.48. The van der Waals surface area contributed by atoms with E-state index in [1.54, 1.807) is 17.5 Å². The van der Waals surface area contributed by atoms with Crippen LogP contribution in [0.2, 0.25) is 0 Å². The van der Waals surface area contributed by atoms with Gasteiger partial charge in [-0.15, -0.1) is 11.3 Å². The second kappa shape index (κ2) is 9.40. The summed E-state index contributed by atoms with van der Waals surface area (Å²) in [6, 6.07) is 20.4. The van der Waals surface area contributed by atoms with Crippen molar-refractivity contribution in [3.8, 4) is 11.5 Å². The zero-order valence-electron chi connectivity index (χ0n) is 18.6. The summed E-state index contributed by atoms with van der Waals surface area (Å²) in [6.45, 7) is 1.21. The van der Waals surface area contributed by atoms with Crippen LogP contribution in [0, 0.1) is 0 Å². The lowest BCUT2D eigenvalue weighted by molar-refractivity contribution is -0.128. The molecule has 1 N–H and O–H groups in total. The molecule has 0 saturated carbocycles. The number of hydrogen-bond donors (Lipinski definition) is 1. The molecule has 2 aliphatic rings. The highest BCUT2D eigenvalue weighted by Gasteiger charge is 2.45. The second-order valence-corrected chi connectivity index (χ2v) is 11.6. The minimum atomic E-state index is -3.55. The zero-order valence-corrected chi connectivity index (χ0v) is 20.2. The first-order valence-corrected chi connectivity index (χ1v) is 13.6. The third kappa shape index (κ3) is 4.31. The molecule has 1 saturated heterocycles. The van der Waals surface area contributed by atoms with Gasteiger partial charge in [-0.3, -0.25) is 4.79 Å². The predicted molar refractivity (Wildman–Crippen MR) is 130 cm³/mol. The topological polar surface area (TPSA) is 84.9 Å². The van der Waals surface area contributed by atoms with E-state index in [1.807, 2.05) is 54.6 Å². The summed E-state index contributed by atoms with van der Waals surface area (Å²) < 4.78 is 39.6. The molecule has 0 spiro atoms. The monoisotopic (exact) mass is 498 g/mol. The van der Waals surface area contributed by atoms with Gasteiger partial charge in [-0.25, -0.2) is 8.42 Å². The Labute approximate surface area is 203 Å². The average Bonchev–Trinajstić information content (AvgIpc) is 3.44. The lowest BCUT2D eigenvalue weighted by Gasteiger charge is -2.40. The molecule has 7 nitrogen and oxygen atoms in total. The van der Waals surface area contributed by atoms with E-state index in [-0.39, 0.29) is 25.1 Å². The highest BCUT2D eigenvalue weighted by Crippen LogP contribution is 2.38. The van der Waals surface area contributed by atoms with E-state index >= 15 is 0 Å². The maximum absolute atomic E-state index is 13.6. The number of thiophene rings is 1. The second-order valence-electron chi connectivity index (χ2n) is 8.49. The summed E-state index contributed by atoms with van der Waals surface area (Å²) in [5, 5.41) is 4.82. The number of nitrogens with one attached hydrogen (secondary N) is 1. The number of piperidine rings is 1. The molecule has 9 heteroatoms. The van der Waals surface area contributed by atoms with Crippen molar-refractivity contribution in [1.29, 1.82) is 0 Å². The number of sulfonamides is 1. The fourth-order valence-corrected chi connectivity index (χ4v) is 7.18. The number of benzene rings is 2.